The molecule has 0 aromatic carbocycles. The maximum atomic E-state index is 12.3. The fourth-order valence-corrected chi connectivity index (χ4v) is 10.1. The molecule has 214 valence electrons. The van der Waals surface area contributed by atoms with Gasteiger partial charge in [-0.25, -0.2) is 8.42 Å². The van der Waals surface area contributed by atoms with Gasteiger partial charge in [-0.1, -0.05) is 40.5 Å². The summed E-state index contributed by atoms with van der Waals surface area (Å²) in [6, 6.07) is 0. The molecule has 0 spiro atoms. The number of fused-ring (bicyclic) bond motifs is 5. The van der Waals surface area contributed by atoms with E-state index in [-0.39, 0.29) is 71.0 Å². The van der Waals surface area contributed by atoms with Crippen molar-refractivity contribution < 1.29 is 57.5 Å². The zero-order valence-corrected chi connectivity index (χ0v) is 27.1. The van der Waals surface area contributed by atoms with Gasteiger partial charge in [-0.2, -0.15) is 0 Å². The predicted octanol–water partition coefficient (Wildman–Crippen LogP) is 1.08. The Morgan fingerprint density at radius 2 is 1.66 bits per heavy atom. The third kappa shape index (κ3) is 6.68. The van der Waals surface area contributed by atoms with Crippen molar-refractivity contribution in [2.75, 3.05) is 12.3 Å². The Kier molecular flexibility index (Phi) is 10.9. The van der Waals surface area contributed by atoms with E-state index in [9.17, 15) is 28.0 Å². The van der Waals surface area contributed by atoms with Crippen molar-refractivity contribution in [3.8, 4) is 0 Å². The molecule has 0 bridgehead atoms. The molecule has 38 heavy (non-hydrogen) atoms. The normalized spacial score (nSPS) is 42.1. The molecule has 0 aromatic rings. The molecule has 4 saturated carbocycles. The Balaban J connectivity index is 0.00000400. The fourth-order valence-electron chi connectivity index (χ4n) is 9.73. The van der Waals surface area contributed by atoms with Crippen LogP contribution in [0, 0.1) is 52.3 Å². The fraction of sp³-hybridized carbons (Fsp3) is 0.966. The number of carbonyl (C=O) groups excluding carboxylic acids is 1. The van der Waals surface area contributed by atoms with Crippen LogP contribution < -0.4 is 34.9 Å². The third-order valence-corrected chi connectivity index (χ3v) is 12.5. The van der Waals surface area contributed by atoms with Crippen molar-refractivity contribution in [3.05, 3.63) is 0 Å². The molecule has 4 fully saturated rings. The van der Waals surface area contributed by atoms with Gasteiger partial charge in [0.05, 0.1) is 28.1 Å². The molecule has 0 heterocycles. The number of amides is 1. The number of aliphatic hydroxyl groups excluding tert-OH is 2. The van der Waals surface area contributed by atoms with Crippen molar-refractivity contribution in [3.63, 3.8) is 0 Å². The summed E-state index contributed by atoms with van der Waals surface area (Å²) in [6.07, 6.45) is 10.9. The molecular weight excluding hydrogens is 513 g/mol. The molecule has 4 rings (SSSR count). The average Bonchev–Trinajstić information content (AvgIpc) is 3.16. The van der Waals surface area contributed by atoms with Crippen LogP contribution >= 0.6 is 0 Å². The van der Waals surface area contributed by atoms with Gasteiger partial charge in [-0.05, 0) is 104 Å². The molecule has 0 aliphatic heterocycles. The zero-order valence-electron chi connectivity index (χ0n) is 24.3. The molecule has 0 unspecified atom stereocenters. The molecule has 7 nitrogen and oxygen atoms in total. The summed E-state index contributed by atoms with van der Waals surface area (Å²) in [4.78, 5) is 12.3. The number of nitrogens with one attached hydrogen (secondary N) is 1. The van der Waals surface area contributed by atoms with E-state index < -0.39 is 15.9 Å². The molecule has 11 atom stereocenters. The largest absolute Gasteiger partial charge is 1.00 e. The van der Waals surface area contributed by atoms with Crippen LogP contribution in [-0.4, -0.2) is 53.6 Å². The van der Waals surface area contributed by atoms with E-state index in [4.69, 9.17) is 0 Å². The summed E-state index contributed by atoms with van der Waals surface area (Å²) in [6.45, 7) is 9.06. The van der Waals surface area contributed by atoms with E-state index in [1.54, 1.807) is 0 Å². The number of carbonyl (C=O) groups is 1. The van der Waals surface area contributed by atoms with Gasteiger partial charge in [0, 0.05) is 12.5 Å². The van der Waals surface area contributed by atoms with Crippen LogP contribution in [0.5, 0.6) is 0 Å². The molecular formula is C29H50NNaO6S. The number of aliphatic hydroxyl groups is 2. The topological polar surface area (TPSA) is 127 Å². The van der Waals surface area contributed by atoms with E-state index in [0.717, 1.165) is 44.9 Å². The smallest absolute Gasteiger partial charge is 0.748 e. The van der Waals surface area contributed by atoms with Crippen LogP contribution in [0.25, 0.3) is 0 Å². The predicted molar refractivity (Wildman–Crippen MR) is 142 cm³/mol. The Morgan fingerprint density at radius 3 is 2.34 bits per heavy atom. The minimum atomic E-state index is -4.31. The summed E-state index contributed by atoms with van der Waals surface area (Å²) < 4.78 is 32.2. The van der Waals surface area contributed by atoms with Gasteiger partial charge in [0.25, 0.3) is 0 Å². The maximum absolute atomic E-state index is 12.3. The first-order valence-corrected chi connectivity index (χ1v) is 16.4. The van der Waals surface area contributed by atoms with Gasteiger partial charge in [0.15, 0.2) is 0 Å². The summed E-state index contributed by atoms with van der Waals surface area (Å²) in [5.41, 5.74) is 0.508. The molecule has 4 aliphatic rings. The van der Waals surface area contributed by atoms with Crippen molar-refractivity contribution in [1.82, 2.24) is 5.32 Å². The Hall–Kier alpha value is 0.300. The van der Waals surface area contributed by atoms with Gasteiger partial charge < -0.3 is 20.1 Å². The Morgan fingerprint density at radius 1 is 1.00 bits per heavy atom. The molecule has 0 radical (unpaired) electrons. The van der Waals surface area contributed by atoms with Crippen LogP contribution in [0.4, 0.5) is 0 Å². The van der Waals surface area contributed by atoms with Crippen LogP contribution in [0.15, 0.2) is 0 Å². The quantitative estimate of drug-likeness (QED) is 0.285. The monoisotopic (exact) mass is 563 g/mol. The Labute approximate surface area is 252 Å². The van der Waals surface area contributed by atoms with E-state index >= 15 is 0 Å². The van der Waals surface area contributed by atoms with Crippen LogP contribution in [0.3, 0.4) is 0 Å². The number of rotatable bonds is 9. The van der Waals surface area contributed by atoms with Crippen molar-refractivity contribution in [2.45, 2.75) is 111 Å². The van der Waals surface area contributed by atoms with E-state index in [0.29, 0.717) is 35.5 Å². The van der Waals surface area contributed by atoms with Gasteiger partial charge in [0.1, 0.15) is 0 Å². The van der Waals surface area contributed by atoms with Crippen LogP contribution in [-0.2, 0) is 14.9 Å². The zero-order chi connectivity index (χ0) is 27.2. The first kappa shape index (κ1) is 32.8. The van der Waals surface area contributed by atoms with Crippen molar-refractivity contribution >= 4 is 16.0 Å². The van der Waals surface area contributed by atoms with Crippen LogP contribution in [0.2, 0.25) is 0 Å². The van der Waals surface area contributed by atoms with Crippen LogP contribution in [0.1, 0.15) is 98.3 Å². The second-order valence-electron chi connectivity index (χ2n) is 13.8. The average molecular weight is 564 g/mol. The molecule has 0 aromatic heterocycles. The number of hydrogen-bond acceptors (Lipinski definition) is 6. The van der Waals surface area contributed by atoms with E-state index in [1.807, 2.05) is 6.92 Å². The standard InChI is InChI=1S/C29H51NO6S.Na/c1-18(6-5-7-19(2)27(33)30-14-15-37(34,35)36)22-8-9-23-26-24(11-13-29(22,23)4)28(3)12-10-21(31)16-20(28)17-25(26)32;/h18-26,31-32H,5-17H2,1-4H3,(H,30,33)(H,34,35,36);/q;+1/p-1/t18-,19-,20+,21-,22-,23+,24+,25-,26+,28+,29-;/m1./s1. The molecule has 3 N–H and O–H groups in total. The number of hydrogen-bond donors (Lipinski definition) is 3. The van der Waals surface area contributed by atoms with Gasteiger partial charge in [0.2, 0.25) is 5.91 Å². The van der Waals surface area contributed by atoms with E-state index in [1.165, 1.54) is 25.7 Å². The summed E-state index contributed by atoms with van der Waals surface area (Å²) in [5, 5.41) is 24.3. The minimum absolute atomic E-state index is 0. The molecule has 4 aliphatic carbocycles. The van der Waals surface area contributed by atoms with Gasteiger partial charge in [-0.3, -0.25) is 4.79 Å². The van der Waals surface area contributed by atoms with E-state index in [2.05, 4.69) is 26.1 Å². The van der Waals surface area contributed by atoms with Gasteiger partial charge in [-0.15, -0.1) is 0 Å². The summed E-state index contributed by atoms with van der Waals surface area (Å²) in [7, 11) is -4.31. The van der Waals surface area contributed by atoms with Crippen molar-refractivity contribution in [2.24, 2.45) is 52.3 Å². The second kappa shape index (κ2) is 12.7. The minimum Gasteiger partial charge on any atom is -0.748 e. The molecule has 0 saturated heterocycles. The maximum Gasteiger partial charge on any atom is 1.00 e. The molecule has 9 heteroatoms. The second-order valence-corrected chi connectivity index (χ2v) is 15.3. The molecule has 1 amide bonds. The SMILES string of the molecule is C[C@H](CCC[C@@H](C)[C@H]1CC[C@H]2[C@@H]3[C@H](O)C[C@@H]4C[C@H](O)CC[C@]4(C)[C@H]3CC[C@]12C)C(=O)NCCS(=O)(=O)[O-].[Na+]. The third-order valence-electron chi connectivity index (χ3n) is 11.8. The summed E-state index contributed by atoms with van der Waals surface area (Å²) in [5.74, 6) is 2.20. The van der Waals surface area contributed by atoms with Crippen molar-refractivity contribution in [1.29, 1.82) is 0 Å². The first-order chi connectivity index (χ1) is 17.3. The van der Waals surface area contributed by atoms with Gasteiger partial charge >= 0.3 is 29.6 Å². The summed E-state index contributed by atoms with van der Waals surface area (Å²) >= 11 is 0. The Bertz CT molecular complexity index is 932. The first-order valence-electron chi connectivity index (χ1n) is 14.8.